The van der Waals surface area contributed by atoms with E-state index in [9.17, 15) is 5.11 Å². The van der Waals surface area contributed by atoms with Crippen molar-refractivity contribution >= 4 is 5.69 Å². The number of aliphatic hydroxyl groups is 1. The number of aryl methyl sites for hydroxylation is 2. The molecule has 1 saturated heterocycles. The first-order valence-electron chi connectivity index (χ1n) is 10.3. The Kier molecular flexibility index (Phi) is 5.81. The van der Waals surface area contributed by atoms with Gasteiger partial charge in [0.1, 0.15) is 6.10 Å². The van der Waals surface area contributed by atoms with E-state index in [-0.39, 0.29) is 12.7 Å². The number of hydrogen-bond acceptors (Lipinski definition) is 4. The first kappa shape index (κ1) is 19.5. The minimum atomic E-state index is 0.127. The van der Waals surface area contributed by atoms with Crippen LogP contribution in [0, 0.1) is 13.8 Å². The molecule has 1 atom stereocenters. The van der Waals surface area contributed by atoms with Crippen LogP contribution in [0.5, 0.6) is 5.88 Å². The van der Waals surface area contributed by atoms with Crippen molar-refractivity contribution in [2.24, 2.45) is 0 Å². The predicted octanol–water partition coefficient (Wildman–Crippen LogP) is 4.56. The van der Waals surface area contributed by atoms with E-state index in [1.165, 1.54) is 27.9 Å². The monoisotopic (exact) mass is 388 g/mol. The van der Waals surface area contributed by atoms with Crippen LogP contribution in [0.4, 0.5) is 5.69 Å². The van der Waals surface area contributed by atoms with E-state index in [0.29, 0.717) is 6.42 Å². The summed E-state index contributed by atoms with van der Waals surface area (Å²) in [6, 6.07) is 19.0. The van der Waals surface area contributed by atoms with E-state index >= 15 is 0 Å². The molecule has 3 aromatic rings. The van der Waals surface area contributed by atoms with Crippen molar-refractivity contribution in [1.82, 2.24) is 4.98 Å². The van der Waals surface area contributed by atoms with E-state index in [0.717, 1.165) is 31.0 Å². The Labute approximate surface area is 172 Å². The molecular formula is C25H28N2O2. The number of pyridine rings is 1. The number of benzene rings is 2. The van der Waals surface area contributed by atoms with Crippen LogP contribution < -0.4 is 9.64 Å². The van der Waals surface area contributed by atoms with Gasteiger partial charge in [-0.2, -0.15) is 0 Å². The van der Waals surface area contributed by atoms with Gasteiger partial charge in [0.15, 0.2) is 0 Å². The van der Waals surface area contributed by atoms with E-state index in [2.05, 4.69) is 59.3 Å². The lowest BCUT2D eigenvalue weighted by Gasteiger charge is -2.23. The summed E-state index contributed by atoms with van der Waals surface area (Å²) in [6.45, 7) is 6.08. The summed E-state index contributed by atoms with van der Waals surface area (Å²) in [5.41, 5.74) is 7.14. The van der Waals surface area contributed by atoms with Crippen molar-refractivity contribution in [2.45, 2.75) is 32.8 Å². The van der Waals surface area contributed by atoms with E-state index < -0.39 is 0 Å². The number of aromatic nitrogens is 1. The largest absolute Gasteiger partial charge is 0.472 e. The average molecular weight is 389 g/mol. The Morgan fingerprint density at radius 3 is 2.69 bits per heavy atom. The molecule has 2 aromatic carbocycles. The maximum Gasteiger partial charge on any atom is 0.216 e. The molecule has 4 nitrogen and oxygen atoms in total. The highest BCUT2D eigenvalue weighted by atomic mass is 16.5. The number of nitrogens with zero attached hydrogens (tertiary/aromatic N) is 2. The molecule has 1 aliphatic rings. The maximum atomic E-state index is 9.63. The van der Waals surface area contributed by atoms with Crippen molar-refractivity contribution in [3.8, 4) is 17.0 Å². The standard InChI is InChI=1S/C25H28N2O2/c1-18-6-3-4-8-23(18)20-9-10-24(21(16-20)12-15-28)27-14-11-22(17-27)29-25-19(2)7-5-13-26-25/h3-10,13,16,22,28H,11-12,14-15,17H2,1-2H3/t22-/m0/s1. The number of aliphatic hydroxyl groups excluding tert-OH is 1. The summed E-state index contributed by atoms with van der Waals surface area (Å²) < 4.78 is 6.16. The van der Waals surface area contributed by atoms with Gasteiger partial charge in [0.05, 0.1) is 6.54 Å². The molecule has 1 fully saturated rings. The predicted molar refractivity (Wildman–Crippen MR) is 118 cm³/mol. The van der Waals surface area contributed by atoms with Gasteiger partial charge >= 0.3 is 0 Å². The van der Waals surface area contributed by atoms with Crippen LogP contribution in [0.3, 0.4) is 0 Å². The molecule has 2 heterocycles. The zero-order valence-corrected chi connectivity index (χ0v) is 17.1. The second-order valence-corrected chi connectivity index (χ2v) is 7.73. The van der Waals surface area contributed by atoms with Crippen LogP contribution in [0.15, 0.2) is 60.8 Å². The molecular weight excluding hydrogens is 360 g/mol. The third-order valence-electron chi connectivity index (χ3n) is 5.64. The Hall–Kier alpha value is -2.85. The van der Waals surface area contributed by atoms with Crippen molar-refractivity contribution in [1.29, 1.82) is 0 Å². The minimum absolute atomic E-state index is 0.127. The molecule has 0 amide bonds. The fourth-order valence-electron chi connectivity index (χ4n) is 4.07. The zero-order chi connectivity index (χ0) is 20.2. The zero-order valence-electron chi connectivity index (χ0n) is 17.1. The third kappa shape index (κ3) is 4.28. The van der Waals surface area contributed by atoms with Gasteiger partial charge in [-0.1, -0.05) is 36.4 Å². The highest BCUT2D eigenvalue weighted by Gasteiger charge is 2.26. The molecule has 1 aromatic heterocycles. The normalized spacial score (nSPS) is 16.2. The SMILES string of the molecule is Cc1ccccc1-c1ccc(N2CC[C@H](Oc3ncccc3C)C2)c(CCO)c1. The summed E-state index contributed by atoms with van der Waals surface area (Å²) in [5.74, 6) is 0.727. The minimum Gasteiger partial charge on any atom is -0.472 e. The number of hydrogen-bond donors (Lipinski definition) is 1. The van der Waals surface area contributed by atoms with Gasteiger partial charge in [-0.3, -0.25) is 0 Å². The Morgan fingerprint density at radius 1 is 1.07 bits per heavy atom. The number of rotatable bonds is 6. The lowest BCUT2D eigenvalue weighted by atomic mass is 9.97. The Bertz CT molecular complexity index is 986. The Morgan fingerprint density at radius 2 is 1.90 bits per heavy atom. The molecule has 29 heavy (non-hydrogen) atoms. The average Bonchev–Trinajstić information content (AvgIpc) is 3.19. The second-order valence-electron chi connectivity index (χ2n) is 7.73. The molecule has 0 saturated carbocycles. The summed E-state index contributed by atoms with van der Waals surface area (Å²) in [6.07, 6.45) is 3.52. The fourth-order valence-corrected chi connectivity index (χ4v) is 4.07. The van der Waals surface area contributed by atoms with Crippen molar-refractivity contribution in [3.05, 3.63) is 77.5 Å². The topological polar surface area (TPSA) is 45.6 Å². The van der Waals surface area contributed by atoms with Gasteiger partial charge in [-0.25, -0.2) is 4.98 Å². The fraction of sp³-hybridized carbons (Fsp3) is 0.320. The molecule has 1 aliphatic heterocycles. The summed E-state index contributed by atoms with van der Waals surface area (Å²) in [7, 11) is 0. The molecule has 0 spiro atoms. The lowest BCUT2D eigenvalue weighted by Crippen LogP contribution is -2.26. The van der Waals surface area contributed by atoms with Gasteiger partial charge in [-0.15, -0.1) is 0 Å². The van der Waals surface area contributed by atoms with Crippen LogP contribution in [-0.2, 0) is 6.42 Å². The highest BCUT2D eigenvalue weighted by molar-refractivity contribution is 5.71. The van der Waals surface area contributed by atoms with E-state index in [1.54, 1.807) is 6.20 Å². The van der Waals surface area contributed by atoms with Gasteiger partial charge < -0.3 is 14.7 Å². The maximum absolute atomic E-state index is 9.63. The second kappa shape index (κ2) is 8.66. The highest BCUT2D eigenvalue weighted by Crippen LogP contribution is 2.32. The van der Waals surface area contributed by atoms with E-state index in [4.69, 9.17) is 4.74 Å². The Balaban J connectivity index is 1.55. The van der Waals surface area contributed by atoms with Gasteiger partial charge in [-0.05, 0) is 60.7 Å². The van der Waals surface area contributed by atoms with Crippen molar-refractivity contribution < 1.29 is 9.84 Å². The lowest BCUT2D eigenvalue weighted by molar-refractivity contribution is 0.214. The van der Waals surface area contributed by atoms with Crippen LogP contribution in [0.2, 0.25) is 0 Å². The van der Waals surface area contributed by atoms with Crippen LogP contribution >= 0.6 is 0 Å². The molecule has 0 radical (unpaired) electrons. The first-order valence-corrected chi connectivity index (χ1v) is 10.3. The molecule has 4 rings (SSSR count). The summed E-state index contributed by atoms with van der Waals surface area (Å²) >= 11 is 0. The molecule has 4 heteroatoms. The van der Waals surface area contributed by atoms with Crippen molar-refractivity contribution in [2.75, 3.05) is 24.6 Å². The smallest absolute Gasteiger partial charge is 0.216 e. The van der Waals surface area contributed by atoms with Crippen LogP contribution in [0.1, 0.15) is 23.1 Å². The quantitative estimate of drug-likeness (QED) is 0.672. The number of ether oxygens (including phenoxy) is 1. The summed E-state index contributed by atoms with van der Waals surface area (Å²) in [4.78, 5) is 6.74. The first-order chi connectivity index (χ1) is 14.2. The van der Waals surface area contributed by atoms with Crippen LogP contribution in [0.25, 0.3) is 11.1 Å². The van der Waals surface area contributed by atoms with Gasteiger partial charge in [0.25, 0.3) is 0 Å². The number of anilines is 1. The van der Waals surface area contributed by atoms with Crippen LogP contribution in [-0.4, -0.2) is 35.9 Å². The third-order valence-corrected chi connectivity index (χ3v) is 5.64. The molecule has 1 N–H and O–H groups in total. The van der Waals surface area contributed by atoms with Gasteiger partial charge in [0, 0.05) is 37.0 Å². The van der Waals surface area contributed by atoms with Crippen molar-refractivity contribution in [3.63, 3.8) is 0 Å². The summed E-state index contributed by atoms with van der Waals surface area (Å²) in [5, 5.41) is 9.63. The molecule has 0 bridgehead atoms. The molecule has 0 aliphatic carbocycles. The molecule has 150 valence electrons. The van der Waals surface area contributed by atoms with Gasteiger partial charge in [0.2, 0.25) is 5.88 Å². The molecule has 0 unspecified atom stereocenters. The van der Waals surface area contributed by atoms with E-state index in [1.807, 2.05) is 19.1 Å².